The molecule has 0 saturated carbocycles. The second kappa shape index (κ2) is 10.9. The Labute approximate surface area is 205 Å². The number of carbonyl (C=O) groups is 2. The summed E-state index contributed by atoms with van der Waals surface area (Å²) >= 11 is 5.89. The number of amides is 1. The molecule has 0 aliphatic carbocycles. The van der Waals surface area contributed by atoms with Crippen LogP contribution in [0.5, 0.6) is 5.75 Å². The minimum absolute atomic E-state index is 0.0270. The highest BCUT2D eigenvalue weighted by Crippen LogP contribution is 2.37. The molecule has 36 heavy (non-hydrogen) atoms. The van der Waals surface area contributed by atoms with Gasteiger partial charge in [-0.1, -0.05) is 41.9 Å². The number of rotatable bonds is 7. The average molecular weight is 532 g/mol. The highest BCUT2D eigenvalue weighted by molar-refractivity contribution is 6.31. The van der Waals surface area contributed by atoms with Crippen LogP contribution in [-0.4, -0.2) is 18.5 Å². The van der Waals surface area contributed by atoms with Gasteiger partial charge in [-0.15, -0.1) is 0 Å². The van der Waals surface area contributed by atoms with E-state index in [-0.39, 0.29) is 29.0 Å². The number of hydrogen-bond acceptors (Lipinski definition) is 4. The van der Waals surface area contributed by atoms with E-state index in [1.807, 2.05) is 5.32 Å². The van der Waals surface area contributed by atoms with Crippen LogP contribution in [0.25, 0.3) is 0 Å². The third-order valence-electron chi connectivity index (χ3n) is 4.62. The molecule has 0 bridgehead atoms. The van der Waals surface area contributed by atoms with Gasteiger partial charge in [-0.25, -0.2) is 4.79 Å². The van der Waals surface area contributed by atoms with Crippen LogP contribution >= 0.6 is 11.6 Å². The molecule has 0 aliphatic rings. The van der Waals surface area contributed by atoms with E-state index in [0.29, 0.717) is 12.1 Å². The first-order valence-corrected chi connectivity index (χ1v) is 10.4. The van der Waals surface area contributed by atoms with Crippen molar-refractivity contribution in [3.05, 3.63) is 94.0 Å². The van der Waals surface area contributed by atoms with Gasteiger partial charge in [-0.3, -0.25) is 4.79 Å². The van der Waals surface area contributed by atoms with Crippen molar-refractivity contribution in [1.29, 1.82) is 0 Å². The molecule has 5 nitrogen and oxygen atoms in total. The molecule has 1 amide bonds. The van der Waals surface area contributed by atoms with Crippen LogP contribution in [0.3, 0.4) is 0 Å². The number of anilines is 1. The minimum atomic E-state index is -5.09. The maximum absolute atomic E-state index is 13.1. The average Bonchev–Trinajstić information content (AvgIpc) is 2.81. The molecule has 0 atom stereocenters. The molecule has 190 valence electrons. The van der Waals surface area contributed by atoms with Gasteiger partial charge in [0, 0.05) is 10.7 Å². The monoisotopic (exact) mass is 531 g/mol. The summed E-state index contributed by atoms with van der Waals surface area (Å²) in [5.74, 6) is -2.10. The van der Waals surface area contributed by atoms with Gasteiger partial charge in [0.05, 0.1) is 16.7 Å². The molecule has 12 heteroatoms. The highest BCUT2D eigenvalue weighted by Gasteiger charge is 2.37. The fourth-order valence-electron chi connectivity index (χ4n) is 2.95. The molecule has 0 saturated heterocycles. The predicted octanol–water partition coefficient (Wildman–Crippen LogP) is 6.75. The van der Waals surface area contributed by atoms with E-state index >= 15 is 0 Å². The Balaban J connectivity index is 1.77. The number of esters is 1. The second-order valence-corrected chi connectivity index (χ2v) is 7.76. The van der Waals surface area contributed by atoms with Crippen molar-refractivity contribution in [2.24, 2.45) is 0 Å². The van der Waals surface area contributed by atoms with Gasteiger partial charge < -0.3 is 14.8 Å². The number of nitrogens with one attached hydrogen (secondary N) is 1. The van der Waals surface area contributed by atoms with Crippen molar-refractivity contribution in [2.45, 2.75) is 19.0 Å². The molecule has 0 radical (unpaired) electrons. The van der Waals surface area contributed by atoms with Gasteiger partial charge in [0.2, 0.25) is 0 Å². The van der Waals surface area contributed by atoms with Crippen molar-refractivity contribution < 1.29 is 45.4 Å². The molecule has 0 aliphatic heterocycles. The van der Waals surface area contributed by atoms with E-state index in [2.05, 4.69) is 0 Å². The summed E-state index contributed by atoms with van der Waals surface area (Å²) in [5, 5.41) is 2.02. The van der Waals surface area contributed by atoms with Crippen LogP contribution < -0.4 is 10.1 Å². The van der Waals surface area contributed by atoms with E-state index in [0.717, 1.165) is 11.6 Å². The summed E-state index contributed by atoms with van der Waals surface area (Å²) < 4.78 is 89.0. The van der Waals surface area contributed by atoms with Crippen LogP contribution in [0.1, 0.15) is 27.0 Å². The first kappa shape index (κ1) is 26.9. The van der Waals surface area contributed by atoms with E-state index in [1.54, 1.807) is 30.3 Å². The fourth-order valence-corrected chi connectivity index (χ4v) is 3.12. The quantitative estimate of drug-likeness (QED) is 0.270. The Kier molecular flexibility index (Phi) is 8.13. The second-order valence-electron chi connectivity index (χ2n) is 7.32. The van der Waals surface area contributed by atoms with E-state index < -0.39 is 47.7 Å². The van der Waals surface area contributed by atoms with Crippen LogP contribution in [0.2, 0.25) is 5.02 Å². The van der Waals surface area contributed by atoms with Crippen LogP contribution in [0, 0.1) is 0 Å². The molecule has 1 N–H and O–H groups in total. The number of hydrogen-bond donors (Lipinski definition) is 1. The standard InChI is InChI=1S/C24H16ClF6NO4/c25-17-6-7-20(35-13-21(33)36-12-14-4-2-1-3-5-14)19(11-17)22(34)32-18-9-15(23(26,27)28)8-16(10-18)24(29,30)31/h1-11H,12-13H2,(H,32,34). The Morgan fingerprint density at radius 2 is 1.44 bits per heavy atom. The summed E-state index contributed by atoms with van der Waals surface area (Å²) in [5.41, 5.74) is -3.57. The lowest BCUT2D eigenvalue weighted by molar-refractivity contribution is -0.147. The number of ether oxygens (including phenoxy) is 2. The summed E-state index contributed by atoms with van der Waals surface area (Å²) in [7, 11) is 0. The molecule has 0 unspecified atom stereocenters. The highest BCUT2D eigenvalue weighted by atomic mass is 35.5. The Bertz CT molecular complexity index is 1210. The van der Waals surface area contributed by atoms with Gasteiger partial charge in [-0.05, 0) is 42.0 Å². The number of alkyl halides is 6. The van der Waals surface area contributed by atoms with Crippen molar-refractivity contribution in [2.75, 3.05) is 11.9 Å². The smallest absolute Gasteiger partial charge is 0.416 e. The van der Waals surface area contributed by atoms with Gasteiger partial charge >= 0.3 is 18.3 Å². The van der Waals surface area contributed by atoms with Gasteiger partial charge in [-0.2, -0.15) is 26.3 Å². The van der Waals surface area contributed by atoms with Crippen LogP contribution in [0.15, 0.2) is 66.7 Å². The number of halogens is 7. The summed E-state index contributed by atoms with van der Waals surface area (Å²) in [6.45, 7) is -0.662. The number of carbonyl (C=O) groups excluding carboxylic acids is 2. The molecule has 3 aromatic rings. The van der Waals surface area contributed by atoms with Crippen molar-refractivity contribution >= 4 is 29.2 Å². The predicted molar refractivity (Wildman–Crippen MR) is 118 cm³/mol. The van der Waals surface area contributed by atoms with Crippen molar-refractivity contribution in [3.63, 3.8) is 0 Å². The first-order chi connectivity index (χ1) is 16.8. The van der Waals surface area contributed by atoms with Crippen LogP contribution in [0.4, 0.5) is 32.0 Å². The third-order valence-corrected chi connectivity index (χ3v) is 4.86. The number of benzene rings is 3. The lowest BCUT2D eigenvalue weighted by atomic mass is 10.1. The summed E-state index contributed by atoms with van der Waals surface area (Å²) in [6.07, 6.45) is -10.2. The topological polar surface area (TPSA) is 64.6 Å². The molecule has 0 heterocycles. The molecule has 0 fully saturated rings. The van der Waals surface area contributed by atoms with E-state index in [9.17, 15) is 35.9 Å². The minimum Gasteiger partial charge on any atom is -0.481 e. The van der Waals surface area contributed by atoms with E-state index in [4.69, 9.17) is 21.1 Å². The fraction of sp³-hybridized carbons (Fsp3) is 0.167. The molecular formula is C24H16ClF6NO4. The lowest BCUT2D eigenvalue weighted by Gasteiger charge is -2.16. The largest absolute Gasteiger partial charge is 0.481 e. The molecule has 0 spiro atoms. The Hall–Kier alpha value is -3.73. The molecule has 3 rings (SSSR count). The maximum atomic E-state index is 13.1. The first-order valence-electron chi connectivity index (χ1n) is 10.1. The van der Waals surface area contributed by atoms with E-state index in [1.165, 1.54) is 12.1 Å². The summed E-state index contributed by atoms with van der Waals surface area (Å²) in [4.78, 5) is 24.7. The van der Waals surface area contributed by atoms with Gasteiger partial charge in [0.25, 0.3) is 5.91 Å². The molecular weight excluding hydrogens is 516 g/mol. The van der Waals surface area contributed by atoms with Gasteiger partial charge in [0.15, 0.2) is 6.61 Å². The summed E-state index contributed by atoms with van der Waals surface area (Å²) in [6, 6.07) is 13.0. The Morgan fingerprint density at radius 1 is 0.833 bits per heavy atom. The van der Waals surface area contributed by atoms with Crippen LogP contribution in [-0.2, 0) is 28.5 Å². The maximum Gasteiger partial charge on any atom is 0.416 e. The zero-order valence-corrected chi connectivity index (χ0v) is 18.8. The SMILES string of the molecule is O=C(COc1ccc(Cl)cc1C(=O)Nc1cc(C(F)(F)F)cc(C(F)(F)F)c1)OCc1ccccc1. The zero-order valence-electron chi connectivity index (χ0n) is 18.0. The Morgan fingerprint density at radius 3 is 2.03 bits per heavy atom. The van der Waals surface area contributed by atoms with Crippen molar-refractivity contribution in [3.8, 4) is 5.75 Å². The normalized spacial score (nSPS) is 11.6. The lowest BCUT2D eigenvalue weighted by Crippen LogP contribution is -2.19. The molecule has 3 aromatic carbocycles. The van der Waals surface area contributed by atoms with Gasteiger partial charge in [0.1, 0.15) is 12.4 Å². The molecule has 0 aromatic heterocycles. The zero-order chi connectivity index (χ0) is 26.5. The van der Waals surface area contributed by atoms with Crippen molar-refractivity contribution in [1.82, 2.24) is 0 Å². The third kappa shape index (κ3) is 7.38.